The number of carbonyl (C=O) groups excluding carboxylic acids is 1. The molecule has 2 aliphatic heterocycles. The monoisotopic (exact) mass is 578 g/mol. The van der Waals surface area contributed by atoms with Gasteiger partial charge in [-0.15, -0.1) is 0 Å². The van der Waals surface area contributed by atoms with E-state index in [-0.39, 0.29) is 18.4 Å². The van der Waals surface area contributed by atoms with E-state index in [2.05, 4.69) is 31.0 Å². The number of carboxylic acid groups (broad SMARTS) is 1. The molecule has 0 unspecified atom stereocenters. The Morgan fingerprint density at radius 2 is 1.88 bits per heavy atom. The number of hydrogen-bond acceptors (Lipinski definition) is 6. The summed E-state index contributed by atoms with van der Waals surface area (Å²) in [6.45, 7) is 11.0. The van der Waals surface area contributed by atoms with Gasteiger partial charge < -0.3 is 24.2 Å². The van der Waals surface area contributed by atoms with Crippen molar-refractivity contribution in [1.29, 1.82) is 0 Å². The van der Waals surface area contributed by atoms with E-state index in [0.717, 1.165) is 36.0 Å². The third kappa shape index (κ3) is 5.80. The number of likely N-dealkylation sites (tertiary alicyclic amines) is 1. The molecule has 5 atom stereocenters. The van der Waals surface area contributed by atoms with Crippen molar-refractivity contribution in [2.45, 2.75) is 109 Å². The van der Waals surface area contributed by atoms with Crippen molar-refractivity contribution in [2.24, 2.45) is 11.3 Å². The van der Waals surface area contributed by atoms with Crippen LogP contribution < -0.4 is 4.74 Å². The first-order valence-electron chi connectivity index (χ1n) is 15.4. The highest BCUT2D eigenvalue weighted by Crippen LogP contribution is 2.51. The van der Waals surface area contributed by atoms with Gasteiger partial charge in [0.1, 0.15) is 12.1 Å². The number of aromatic nitrogens is 1. The average molecular weight is 579 g/mol. The SMILES string of the molecule is COc1ncc(C2CCC2)cc1CO[C@H]1[C@H](C(C)(C)C)[C@@H](C(=O)O)N(C(=O)[C@@H]2CCCO2)[C@H]1c1ccccc1C(C)C. The summed E-state index contributed by atoms with van der Waals surface area (Å²) >= 11 is 0. The number of hydrogen-bond donors (Lipinski definition) is 1. The summed E-state index contributed by atoms with van der Waals surface area (Å²) < 4.78 is 18.3. The maximum absolute atomic E-state index is 14.2. The van der Waals surface area contributed by atoms with E-state index in [4.69, 9.17) is 14.2 Å². The van der Waals surface area contributed by atoms with Gasteiger partial charge in [-0.1, -0.05) is 65.3 Å². The molecule has 8 nitrogen and oxygen atoms in total. The molecule has 42 heavy (non-hydrogen) atoms. The molecule has 0 spiro atoms. The second kappa shape index (κ2) is 12.3. The maximum atomic E-state index is 14.2. The molecule has 3 heterocycles. The molecular formula is C34H46N2O6. The average Bonchev–Trinajstić information content (AvgIpc) is 3.57. The zero-order valence-electron chi connectivity index (χ0n) is 25.8. The summed E-state index contributed by atoms with van der Waals surface area (Å²) in [4.78, 5) is 33.6. The van der Waals surface area contributed by atoms with Gasteiger partial charge in [-0.3, -0.25) is 4.79 Å². The molecule has 1 N–H and O–H groups in total. The van der Waals surface area contributed by atoms with E-state index in [1.807, 2.05) is 45.2 Å². The number of rotatable bonds is 9. The van der Waals surface area contributed by atoms with Gasteiger partial charge in [0.2, 0.25) is 5.88 Å². The van der Waals surface area contributed by atoms with E-state index < -0.39 is 41.6 Å². The fourth-order valence-corrected chi connectivity index (χ4v) is 7.11. The number of carbonyl (C=O) groups is 2. The van der Waals surface area contributed by atoms with Crippen LogP contribution in [0.1, 0.15) is 107 Å². The molecule has 3 aliphatic rings. The minimum Gasteiger partial charge on any atom is -0.481 e. The Morgan fingerprint density at radius 3 is 2.45 bits per heavy atom. The highest BCUT2D eigenvalue weighted by atomic mass is 16.5. The number of ether oxygens (including phenoxy) is 3. The van der Waals surface area contributed by atoms with Crippen LogP contribution in [0.2, 0.25) is 0 Å². The topological polar surface area (TPSA) is 98.2 Å². The third-order valence-corrected chi connectivity index (χ3v) is 9.40. The smallest absolute Gasteiger partial charge is 0.326 e. The van der Waals surface area contributed by atoms with Crippen LogP contribution in [0.4, 0.5) is 0 Å². The highest BCUT2D eigenvalue weighted by molar-refractivity contribution is 5.88. The Kier molecular flexibility index (Phi) is 8.95. The summed E-state index contributed by atoms with van der Waals surface area (Å²) in [5, 5.41) is 10.7. The molecular weight excluding hydrogens is 532 g/mol. The van der Waals surface area contributed by atoms with Gasteiger partial charge in [0.15, 0.2) is 0 Å². The lowest BCUT2D eigenvalue weighted by atomic mass is 9.73. The molecule has 0 radical (unpaired) electrons. The van der Waals surface area contributed by atoms with Gasteiger partial charge in [0.05, 0.1) is 25.9 Å². The van der Waals surface area contributed by atoms with Crippen molar-refractivity contribution in [3.8, 4) is 5.88 Å². The van der Waals surface area contributed by atoms with Crippen LogP contribution in [0.5, 0.6) is 5.88 Å². The Balaban J connectivity index is 1.62. The minimum absolute atomic E-state index is 0.168. The summed E-state index contributed by atoms with van der Waals surface area (Å²) in [5.41, 5.74) is 3.53. The summed E-state index contributed by atoms with van der Waals surface area (Å²) in [6.07, 6.45) is 5.54. The number of amides is 1. The Labute approximate surface area is 249 Å². The molecule has 228 valence electrons. The van der Waals surface area contributed by atoms with E-state index in [1.165, 1.54) is 12.0 Å². The van der Waals surface area contributed by atoms with Gasteiger partial charge in [-0.2, -0.15) is 0 Å². The largest absolute Gasteiger partial charge is 0.481 e. The zero-order valence-corrected chi connectivity index (χ0v) is 25.8. The van der Waals surface area contributed by atoms with Gasteiger partial charge in [0, 0.05) is 24.3 Å². The minimum atomic E-state index is -1.07. The van der Waals surface area contributed by atoms with E-state index in [1.54, 1.807) is 12.0 Å². The van der Waals surface area contributed by atoms with Crippen LogP contribution in [0.3, 0.4) is 0 Å². The second-order valence-corrected chi connectivity index (χ2v) is 13.5. The molecule has 0 bridgehead atoms. The van der Waals surface area contributed by atoms with Gasteiger partial charge in [-0.25, -0.2) is 9.78 Å². The number of benzene rings is 1. The van der Waals surface area contributed by atoms with E-state index in [0.29, 0.717) is 24.8 Å². The maximum Gasteiger partial charge on any atom is 0.326 e. The number of pyridine rings is 1. The highest BCUT2D eigenvalue weighted by Gasteiger charge is 2.60. The molecule has 1 aromatic heterocycles. The standard InChI is InChI=1S/C34H46N2O6/c1-20(2)24-13-7-8-14-25(24)28-30(42-19-23-17-22(21-11-9-12-21)18-35-31(23)40-6)27(34(3,4)5)29(33(38)39)36(28)32(37)26-15-10-16-41-26/h7-8,13-14,17-18,20-21,26-30H,9-12,15-16,19H2,1-6H3,(H,38,39)/t26-,27+,28-,29-,30-/m0/s1. The van der Waals surface area contributed by atoms with Gasteiger partial charge >= 0.3 is 5.97 Å². The summed E-state index contributed by atoms with van der Waals surface area (Å²) in [7, 11) is 1.60. The lowest BCUT2D eigenvalue weighted by Gasteiger charge is -2.35. The first kappa shape index (κ1) is 30.5. The number of aliphatic carboxylic acids is 1. The van der Waals surface area contributed by atoms with Crippen molar-refractivity contribution in [1.82, 2.24) is 9.88 Å². The number of nitrogens with zero attached hydrogens (tertiary/aromatic N) is 2. The number of methoxy groups -OCH3 is 1. The van der Waals surface area contributed by atoms with Crippen LogP contribution in [-0.2, 0) is 25.7 Å². The first-order chi connectivity index (χ1) is 20.0. The second-order valence-electron chi connectivity index (χ2n) is 13.5. The fraction of sp³-hybridized carbons (Fsp3) is 0.618. The molecule has 1 aromatic carbocycles. The van der Waals surface area contributed by atoms with Crippen molar-refractivity contribution in [3.05, 3.63) is 58.8 Å². The molecule has 5 rings (SSSR count). The lowest BCUT2D eigenvalue weighted by molar-refractivity contribution is -0.156. The number of carboxylic acids is 1. The van der Waals surface area contributed by atoms with Crippen molar-refractivity contribution >= 4 is 11.9 Å². The van der Waals surface area contributed by atoms with Gasteiger partial charge in [-0.05, 0) is 65.7 Å². The summed E-state index contributed by atoms with van der Waals surface area (Å²) in [6, 6.07) is 8.50. The molecule has 2 saturated heterocycles. The summed E-state index contributed by atoms with van der Waals surface area (Å²) in [5.74, 6) is -0.607. The van der Waals surface area contributed by atoms with Crippen LogP contribution in [0, 0.1) is 11.3 Å². The third-order valence-electron chi connectivity index (χ3n) is 9.40. The van der Waals surface area contributed by atoms with E-state index >= 15 is 0 Å². The Morgan fingerprint density at radius 1 is 1.14 bits per heavy atom. The van der Waals surface area contributed by atoms with Crippen LogP contribution in [0.15, 0.2) is 36.5 Å². The molecule has 1 amide bonds. The van der Waals surface area contributed by atoms with Crippen molar-refractivity contribution < 1.29 is 28.9 Å². The quantitative estimate of drug-likeness (QED) is 0.376. The normalized spacial score (nSPS) is 26.5. The van der Waals surface area contributed by atoms with Crippen molar-refractivity contribution in [2.75, 3.05) is 13.7 Å². The van der Waals surface area contributed by atoms with Crippen LogP contribution >= 0.6 is 0 Å². The molecule has 1 saturated carbocycles. The predicted octanol–water partition coefficient (Wildman–Crippen LogP) is 6.24. The van der Waals surface area contributed by atoms with Crippen molar-refractivity contribution in [3.63, 3.8) is 0 Å². The predicted molar refractivity (Wildman–Crippen MR) is 159 cm³/mol. The Bertz CT molecular complexity index is 1280. The molecule has 1 aliphatic carbocycles. The van der Waals surface area contributed by atoms with Crippen LogP contribution in [-0.4, -0.2) is 58.8 Å². The van der Waals surface area contributed by atoms with Gasteiger partial charge in [0.25, 0.3) is 5.91 Å². The van der Waals surface area contributed by atoms with Crippen LogP contribution in [0.25, 0.3) is 0 Å². The Hall–Kier alpha value is -2.97. The molecule has 2 aromatic rings. The molecule has 3 fully saturated rings. The fourth-order valence-electron chi connectivity index (χ4n) is 7.11. The molecule has 8 heteroatoms. The first-order valence-corrected chi connectivity index (χ1v) is 15.4. The zero-order chi connectivity index (χ0) is 30.2. The van der Waals surface area contributed by atoms with E-state index in [9.17, 15) is 14.7 Å². The lowest BCUT2D eigenvalue weighted by Crippen LogP contribution is -2.50.